The summed E-state index contributed by atoms with van der Waals surface area (Å²) in [5.41, 5.74) is 3.78. The molecule has 1 aliphatic rings. The summed E-state index contributed by atoms with van der Waals surface area (Å²) in [6, 6.07) is 7.76. The van der Waals surface area contributed by atoms with Crippen LogP contribution in [0.2, 0.25) is 0 Å². The number of esters is 1. The maximum atomic E-state index is 11.9. The van der Waals surface area contributed by atoms with E-state index in [4.69, 9.17) is 14.2 Å². The number of aromatic nitrogens is 1. The lowest BCUT2D eigenvalue weighted by Crippen LogP contribution is -2.07. The zero-order valence-electron chi connectivity index (χ0n) is 13.6. The molecule has 3 rings (SSSR count). The van der Waals surface area contributed by atoms with E-state index < -0.39 is 0 Å². The van der Waals surface area contributed by atoms with Gasteiger partial charge in [0, 0.05) is 23.2 Å². The van der Waals surface area contributed by atoms with E-state index in [1.54, 1.807) is 26.0 Å². The van der Waals surface area contributed by atoms with Crippen LogP contribution in [0.15, 0.2) is 24.3 Å². The highest BCUT2D eigenvalue weighted by atomic mass is 32.2. The van der Waals surface area contributed by atoms with Gasteiger partial charge in [-0.2, -0.15) is 0 Å². The van der Waals surface area contributed by atoms with Crippen LogP contribution in [0.5, 0.6) is 11.5 Å². The van der Waals surface area contributed by atoms with Gasteiger partial charge in [-0.1, -0.05) is 0 Å². The quantitative estimate of drug-likeness (QED) is 0.803. The second-order valence-corrected chi connectivity index (χ2v) is 6.39. The first-order chi connectivity index (χ1) is 11.1. The van der Waals surface area contributed by atoms with E-state index in [-0.39, 0.29) is 11.3 Å². The van der Waals surface area contributed by atoms with Crippen molar-refractivity contribution in [3.05, 3.63) is 46.8 Å². The SMILES string of the molecule is COC(=O)c1cc(C)n2c1CSC2c1cc(OC)cc(OC)c1. The molecule has 0 amide bonds. The van der Waals surface area contributed by atoms with Crippen LogP contribution < -0.4 is 9.47 Å². The monoisotopic (exact) mass is 333 g/mol. The highest BCUT2D eigenvalue weighted by molar-refractivity contribution is 7.99. The number of fused-ring (bicyclic) bond motifs is 1. The first kappa shape index (κ1) is 15.8. The summed E-state index contributed by atoms with van der Waals surface area (Å²) in [5.74, 6) is 1.99. The van der Waals surface area contributed by atoms with E-state index in [1.807, 2.05) is 31.2 Å². The lowest BCUT2D eigenvalue weighted by molar-refractivity contribution is 0.0600. The summed E-state index contributed by atoms with van der Waals surface area (Å²) in [6.07, 6.45) is 0. The third kappa shape index (κ3) is 2.67. The van der Waals surface area contributed by atoms with Crippen LogP contribution in [0.3, 0.4) is 0 Å². The molecule has 0 spiro atoms. The molecule has 1 atom stereocenters. The Morgan fingerprint density at radius 3 is 2.35 bits per heavy atom. The van der Waals surface area contributed by atoms with Gasteiger partial charge < -0.3 is 18.8 Å². The van der Waals surface area contributed by atoms with E-state index in [1.165, 1.54) is 7.11 Å². The van der Waals surface area contributed by atoms with Crippen LogP contribution in [0.4, 0.5) is 0 Å². The molecule has 23 heavy (non-hydrogen) atoms. The first-order valence-corrected chi connectivity index (χ1v) is 8.27. The Labute approximate surface area is 139 Å². The zero-order valence-corrected chi connectivity index (χ0v) is 14.4. The number of carbonyl (C=O) groups excluding carboxylic acids is 1. The summed E-state index contributed by atoms with van der Waals surface area (Å²) in [7, 11) is 4.69. The topological polar surface area (TPSA) is 49.7 Å². The van der Waals surface area contributed by atoms with E-state index >= 15 is 0 Å². The molecule has 0 aliphatic carbocycles. The van der Waals surface area contributed by atoms with Crippen LogP contribution in [0.25, 0.3) is 0 Å². The molecule has 1 aromatic heterocycles. The minimum Gasteiger partial charge on any atom is -0.497 e. The minimum atomic E-state index is -0.286. The van der Waals surface area contributed by atoms with Gasteiger partial charge in [0.05, 0.1) is 26.9 Å². The van der Waals surface area contributed by atoms with Gasteiger partial charge in [0.1, 0.15) is 16.9 Å². The molecule has 122 valence electrons. The van der Waals surface area contributed by atoms with Gasteiger partial charge in [-0.15, -0.1) is 11.8 Å². The molecule has 2 heterocycles. The summed E-state index contributed by atoms with van der Waals surface area (Å²) >= 11 is 1.77. The lowest BCUT2D eigenvalue weighted by atomic mass is 10.2. The Balaban J connectivity index is 2.06. The Kier molecular flexibility index (Phi) is 4.26. The molecule has 5 nitrogen and oxygen atoms in total. The first-order valence-electron chi connectivity index (χ1n) is 7.22. The molecule has 1 aromatic carbocycles. The molecular formula is C17H19NO4S. The van der Waals surface area contributed by atoms with Crippen molar-refractivity contribution in [2.24, 2.45) is 0 Å². The summed E-state index contributed by atoms with van der Waals surface area (Å²) in [4.78, 5) is 11.9. The second kappa shape index (κ2) is 6.20. The van der Waals surface area contributed by atoms with Gasteiger partial charge in [-0.3, -0.25) is 0 Å². The Morgan fingerprint density at radius 1 is 1.13 bits per heavy atom. The molecule has 6 heteroatoms. The van der Waals surface area contributed by atoms with Crippen molar-refractivity contribution >= 4 is 17.7 Å². The van der Waals surface area contributed by atoms with Crippen LogP contribution in [0.1, 0.15) is 32.7 Å². The van der Waals surface area contributed by atoms with Crippen LogP contribution in [0, 0.1) is 6.92 Å². The molecule has 1 unspecified atom stereocenters. The van der Waals surface area contributed by atoms with Crippen LogP contribution in [-0.2, 0) is 10.5 Å². The van der Waals surface area contributed by atoms with E-state index in [0.717, 1.165) is 34.2 Å². The molecule has 0 saturated carbocycles. The normalized spacial score (nSPS) is 16.1. The Bertz CT molecular complexity index is 731. The fourth-order valence-corrected chi connectivity index (χ4v) is 4.30. The van der Waals surface area contributed by atoms with E-state index in [9.17, 15) is 4.79 Å². The zero-order chi connectivity index (χ0) is 16.6. The fraction of sp³-hybridized carbons (Fsp3) is 0.353. The number of ether oxygens (including phenoxy) is 3. The smallest absolute Gasteiger partial charge is 0.339 e. The molecule has 0 fully saturated rings. The largest absolute Gasteiger partial charge is 0.497 e. The number of nitrogens with zero attached hydrogens (tertiary/aromatic N) is 1. The Hall–Kier alpha value is -2.08. The number of hydrogen-bond donors (Lipinski definition) is 0. The highest BCUT2D eigenvalue weighted by Crippen LogP contribution is 2.45. The fourth-order valence-electron chi connectivity index (χ4n) is 2.91. The molecule has 0 saturated heterocycles. The predicted octanol–water partition coefficient (Wildman–Crippen LogP) is 3.39. The number of methoxy groups -OCH3 is 3. The van der Waals surface area contributed by atoms with Crippen molar-refractivity contribution in [3.8, 4) is 11.5 Å². The summed E-state index contributed by atoms with van der Waals surface area (Å²) < 4.78 is 17.8. The molecule has 0 radical (unpaired) electrons. The minimum absolute atomic E-state index is 0.0902. The van der Waals surface area contributed by atoms with Crippen LogP contribution in [-0.4, -0.2) is 31.9 Å². The highest BCUT2D eigenvalue weighted by Gasteiger charge is 2.31. The molecule has 0 bridgehead atoms. The van der Waals surface area contributed by atoms with Crippen LogP contribution >= 0.6 is 11.8 Å². The van der Waals surface area contributed by atoms with Gasteiger partial charge in [0.2, 0.25) is 0 Å². The maximum absolute atomic E-state index is 11.9. The Morgan fingerprint density at radius 2 is 1.78 bits per heavy atom. The van der Waals surface area contributed by atoms with Gasteiger partial charge >= 0.3 is 5.97 Å². The van der Waals surface area contributed by atoms with Crippen molar-refractivity contribution in [1.29, 1.82) is 0 Å². The number of hydrogen-bond acceptors (Lipinski definition) is 5. The van der Waals surface area contributed by atoms with Gasteiger partial charge in [0.15, 0.2) is 0 Å². The van der Waals surface area contributed by atoms with Crippen molar-refractivity contribution in [2.75, 3.05) is 21.3 Å². The summed E-state index contributed by atoms with van der Waals surface area (Å²) in [6.45, 7) is 2.01. The van der Waals surface area contributed by atoms with Gasteiger partial charge in [0.25, 0.3) is 0 Å². The predicted molar refractivity (Wildman–Crippen MR) is 89.5 cm³/mol. The van der Waals surface area contributed by atoms with E-state index in [0.29, 0.717) is 5.56 Å². The number of rotatable bonds is 4. The number of carbonyl (C=O) groups is 1. The average molecular weight is 333 g/mol. The number of aryl methyl sites for hydroxylation is 1. The number of thioether (sulfide) groups is 1. The van der Waals surface area contributed by atoms with Crippen molar-refractivity contribution in [3.63, 3.8) is 0 Å². The number of benzene rings is 1. The third-order valence-electron chi connectivity index (χ3n) is 4.01. The summed E-state index contributed by atoms with van der Waals surface area (Å²) in [5, 5.41) is 0.0902. The third-order valence-corrected chi connectivity index (χ3v) is 5.25. The molecule has 1 aliphatic heterocycles. The van der Waals surface area contributed by atoms with Crippen molar-refractivity contribution in [2.45, 2.75) is 18.1 Å². The lowest BCUT2D eigenvalue weighted by Gasteiger charge is -2.17. The maximum Gasteiger partial charge on any atom is 0.339 e. The molecule has 2 aromatic rings. The molecular weight excluding hydrogens is 314 g/mol. The second-order valence-electron chi connectivity index (χ2n) is 5.32. The average Bonchev–Trinajstić information content (AvgIpc) is 3.15. The standard InChI is InChI=1S/C17H19NO4S/c1-10-5-14(17(19)22-4)15-9-23-16(18(10)15)11-6-12(20-2)8-13(7-11)21-3/h5-8,16H,9H2,1-4H3. The van der Waals surface area contributed by atoms with Gasteiger partial charge in [-0.05, 0) is 30.7 Å². The molecule has 0 N–H and O–H groups in total. The van der Waals surface area contributed by atoms with E-state index in [2.05, 4.69) is 4.57 Å². The van der Waals surface area contributed by atoms with Gasteiger partial charge in [-0.25, -0.2) is 4.79 Å². The van der Waals surface area contributed by atoms with Crippen molar-refractivity contribution < 1.29 is 19.0 Å². The van der Waals surface area contributed by atoms with Crippen molar-refractivity contribution in [1.82, 2.24) is 4.57 Å².